The Labute approximate surface area is 153 Å². The number of amides is 1. The Morgan fingerprint density at radius 3 is 2.65 bits per heavy atom. The van der Waals surface area contributed by atoms with Crippen LogP contribution in [0.15, 0.2) is 46.0 Å². The van der Waals surface area contributed by atoms with Crippen molar-refractivity contribution in [3.05, 3.63) is 67.7 Å². The maximum Gasteiger partial charge on any atom is 0.316 e. The highest BCUT2D eigenvalue weighted by molar-refractivity contribution is 6.32. The minimum atomic E-state index is -0.723. The van der Waals surface area contributed by atoms with E-state index in [0.717, 1.165) is 0 Å². The van der Waals surface area contributed by atoms with E-state index in [1.54, 1.807) is 37.3 Å². The molecule has 2 aromatic carbocycles. The normalized spacial score (nSPS) is 10.7. The predicted octanol–water partition coefficient (Wildman–Crippen LogP) is 2.62. The molecular formula is C18H16ClN3O4. The molecule has 0 saturated carbocycles. The summed E-state index contributed by atoms with van der Waals surface area (Å²) in [5.74, 6) is 0.133. The fourth-order valence-electron chi connectivity index (χ4n) is 2.68. The lowest BCUT2D eigenvalue weighted by Crippen LogP contribution is -2.36. The molecule has 3 rings (SSSR count). The Balaban J connectivity index is 1.96. The molecule has 8 heteroatoms. The van der Waals surface area contributed by atoms with Crippen molar-refractivity contribution in [3.63, 3.8) is 0 Å². The number of hydrogen-bond donors (Lipinski definition) is 2. The summed E-state index contributed by atoms with van der Waals surface area (Å²) in [7, 11) is 1.51. The molecule has 0 aliphatic rings. The second kappa shape index (κ2) is 7.05. The molecule has 1 aromatic heterocycles. The number of hydrogen-bond acceptors (Lipinski definition) is 4. The number of methoxy groups -OCH3 is 1. The van der Waals surface area contributed by atoms with Gasteiger partial charge in [-0.25, -0.2) is 0 Å². The molecular weight excluding hydrogens is 358 g/mol. The molecule has 0 aliphatic carbocycles. The molecule has 0 bridgehead atoms. The van der Waals surface area contributed by atoms with Gasteiger partial charge in [0.2, 0.25) is 0 Å². The summed E-state index contributed by atoms with van der Waals surface area (Å²) in [6.07, 6.45) is 0. The van der Waals surface area contributed by atoms with Crippen LogP contribution in [-0.2, 0) is 6.54 Å². The summed E-state index contributed by atoms with van der Waals surface area (Å²) < 4.78 is 6.43. The number of aromatic amines is 1. The zero-order valence-corrected chi connectivity index (χ0v) is 14.9. The zero-order chi connectivity index (χ0) is 18.8. The first kappa shape index (κ1) is 17.8. The highest BCUT2D eigenvalue weighted by Gasteiger charge is 2.12. The summed E-state index contributed by atoms with van der Waals surface area (Å²) in [5, 5.41) is 3.11. The van der Waals surface area contributed by atoms with Gasteiger partial charge in [-0.05, 0) is 43.3 Å². The topological polar surface area (TPSA) is 93.2 Å². The third-order valence-electron chi connectivity index (χ3n) is 3.96. The quantitative estimate of drug-likeness (QED) is 0.687. The van der Waals surface area contributed by atoms with Crippen molar-refractivity contribution in [1.29, 1.82) is 0 Å². The number of benzene rings is 2. The molecule has 1 amide bonds. The van der Waals surface area contributed by atoms with Crippen LogP contribution in [0.1, 0.15) is 17.3 Å². The van der Waals surface area contributed by atoms with Gasteiger partial charge in [-0.15, -0.1) is 0 Å². The molecule has 0 radical (unpaired) electrons. The van der Waals surface area contributed by atoms with Crippen molar-refractivity contribution in [3.8, 4) is 5.75 Å². The Bertz CT molecular complexity index is 1120. The monoisotopic (exact) mass is 373 g/mol. The van der Waals surface area contributed by atoms with E-state index in [9.17, 15) is 14.4 Å². The van der Waals surface area contributed by atoms with E-state index in [2.05, 4.69) is 10.3 Å². The van der Waals surface area contributed by atoms with Crippen LogP contribution < -0.4 is 21.2 Å². The molecule has 0 atom stereocenters. The second-order valence-electron chi connectivity index (χ2n) is 5.54. The molecule has 3 aromatic rings. The number of nitrogens with zero attached hydrogens (tertiary/aromatic N) is 1. The van der Waals surface area contributed by atoms with Crippen LogP contribution in [0.5, 0.6) is 5.75 Å². The maximum absolute atomic E-state index is 12.5. The number of anilines is 1. The lowest BCUT2D eigenvalue weighted by atomic mass is 10.1. The Morgan fingerprint density at radius 1 is 1.23 bits per heavy atom. The van der Waals surface area contributed by atoms with Gasteiger partial charge in [0.15, 0.2) is 0 Å². The number of carbonyl (C=O) groups excluding carboxylic acids is 1. The van der Waals surface area contributed by atoms with E-state index >= 15 is 0 Å². The number of aromatic nitrogens is 2. The summed E-state index contributed by atoms with van der Waals surface area (Å²) in [5.41, 5.74) is 0.469. The van der Waals surface area contributed by atoms with E-state index in [-0.39, 0.29) is 5.91 Å². The number of halogens is 1. The van der Waals surface area contributed by atoms with Gasteiger partial charge in [0.05, 0.1) is 23.2 Å². The van der Waals surface area contributed by atoms with Gasteiger partial charge in [0, 0.05) is 17.8 Å². The number of nitrogens with one attached hydrogen (secondary N) is 2. The molecule has 2 N–H and O–H groups in total. The van der Waals surface area contributed by atoms with Gasteiger partial charge in [-0.1, -0.05) is 11.6 Å². The van der Waals surface area contributed by atoms with Crippen molar-refractivity contribution in [1.82, 2.24) is 9.55 Å². The molecule has 26 heavy (non-hydrogen) atoms. The first-order valence-electron chi connectivity index (χ1n) is 7.86. The number of aryl methyl sites for hydroxylation is 1. The third kappa shape index (κ3) is 3.21. The number of rotatable bonds is 4. The standard InChI is InChI=1S/C18H16ClN3O4/c1-3-22-14-6-4-10(8-13(14)21-17(24)18(22)25)16(23)20-11-5-7-15(26-2)12(19)9-11/h4-9H,3H2,1-2H3,(H,20,23)(H,21,24). The summed E-state index contributed by atoms with van der Waals surface area (Å²) in [4.78, 5) is 38.6. The van der Waals surface area contributed by atoms with E-state index in [1.807, 2.05) is 0 Å². The fraction of sp³-hybridized carbons (Fsp3) is 0.167. The SMILES string of the molecule is CCn1c(=O)c(=O)[nH]c2cc(C(=O)Nc3ccc(OC)c(Cl)c3)ccc21. The largest absolute Gasteiger partial charge is 0.495 e. The van der Waals surface area contributed by atoms with Crippen molar-refractivity contribution < 1.29 is 9.53 Å². The van der Waals surface area contributed by atoms with Crippen LogP contribution in [0.4, 0.5) is 5.69 Å². The molecule has 134 valence electrons. The maximum atomic E-state index is 12.5. The van der Waals surface area contributed by atoms with E-state index < -0.39 is 11.1 Å². The lowest BCUT2D eigenvalue weighted by molar-refractivity contribution is 0.102. The number of fused-ring (bicyclic) bond motifs is 1. The van der Waals surface area contributed by atoms with E-state index in [0.29, 0.717) is 39.6 Å². The molecule has 0 spiro atoms. The number of carbonyl (C=O) groups is 1. The summed E-state index contributed by atoms with van der Waals surface area (Å²) in [6.45, 7) is 2.13. The van der Waals surface area contributed by atoms with Crippen molar-refractivity contribution in [2.24, 2.45) is 0 Å². The second-order valence-corrected chi connectivity index (χ2v) is 5.95. The average Bonchev–Trinajstić information content (AvgIpc) is 2.62. The van der Waals surface area contributed by atoms with Crippen LogP contribution in [0, 0.1) is 0 Å². The number of H-pyrrole nitrogens is 1. The predicted molar refractivity (Wildman–Crippen MR) is 100 cm³/mol. The minimum Gasteiger partial charge on any atom is -0.495 e. The Hall–Kier alpha value is -3.06. The molecule has 0 saturated heterocycles. The minimum absolute atomic E-state index is 0.335. The third-order valence-corrected chi connectivity index (χ3v) is 4.26. The van der Waals surface area contributed by atoms with Crippen LogP contribution >= 0.6 is 11.6 Å². The van der Waals surface area contributed by atoms with Crippen LogP contribution in [0.25, 0.3) is 11.0 Å². The van der Waals surface area contributed by atoms with Crippen molar-refractivity contribution >= 4 is 34.2 Å². The number of ether oxygens (including phenoxy) is 1. The van der Waals surface area contributed by atoms with Gasteiger partial charge in [0.1, 0.15) is 5.75 Å². The van der Waals surface area contributed by atoms with Gasteiger partial charge in [-0.2, -0.15) is 0 Å². The first-order valence-corrected chi connectivity index (χ1v) is 8.24. The first-order chi connectivity index (χ1) is 12.4. The van der Waals surface area contributed by atoms with Gasteiger partial charge in [-0.3, -0.25) is 14.4 Å². The Morgan fingerprint density at radius 2 is 2.00 bits per heavy atom. The molecule has 1 heterocycles. The summed E-state index contributed by atoms with van der Waals surface area (Å²) >= 11 is 6.05. The molecule has 7 nitrogen and oxygen atoms in total. The average molecular weight is 374 g/mol. The fourth-order valence-corrected chi connectivity index (χ4v) is 2.94. The highest BCUT2D eigenvalue weighted by atomic mass is 35.5. The van der Waals surface area contributed by atoms with E-state index in [4.69, 9.17) is 16.3 Å². The van der Waals surface area contributed by atoms with Gasteiger partial charge >= 0.3 is 11.1 Å². The van der Waals surface area contributed by atoms with Crippen molar-refractivity contribution in [2.45, 2.75) is 13.5 Å². The molecule has 0 unspecified atom stereocenters. The highest BCUT2D eigenvalue weighted by Crippen LogP contribution is 2.27. The molecule has 0 fully saturated rings. The lowest BCUT2D eigenvalue weighted by Gasteiger charge is -2.10. The Kier molecular flexibility index (Phi) is 4.81. The zero-order valence-electron chi connectivity index (χ0n) is 14.1. The van der Waals surface area contributed by atoms with Crippen molar-refractivity contribution in [2.75, 3.05) is 12.4 Å². The van der Waals surface area contributed by atoms with Gasteiger partial charge < -0.3 is 19.6 Å². The van der Waals surface area contributed by atoms with Crippen LogP contribution in [-0.4, -0.2) is 22.6 Å². The van der Waals surface area contributed by atoms with E-state index in [1.165, 1.54) is 17.7 Å². The molecule has 0 aliphatic heterocycles. The summed E-state index contributed by atoms with van der Waals surface area (Å²) in [6, 6.07) is 9.65. The van der Waals surface area contributed by atoms with Gasteiger partial charge in [0.25, 0.3) is 5.91 Å². The van der Waals surface area contributed by atoms with Crippen LogP contribution in [0.3, 0.4) is 0 Å². The van der Waals surface area contributed by atoms with Crippen LogP contribution in [0.2, 0.25) is 5.02 Å². The smallest absolute Gasteiger partial charge is 0.316 e.